The van der Waals surface area contributed by atoms with Gasteiger partial charge in [0.25, 0.3) is 0 Å². The Hall–Kier alpha value is -2.14. The summed E-state index contributed by atoms with van der Waals surface area (Å²) in [6.07, 6.45) is 1.23. The maximum Gasteiger partial charge on any atom is 0.229 e. The van der Waals surface area contributed by atoms with Gasteiger partial charge in [0.1, 0.15) is 0 Å². The van der Waals surface area contributed by atoms with Gasteiger partial charge < -0.3 is 10.2 Å². The number of carbonyl (C=O) groups excluding carboxylic acids is 2. The molecule has 2 amide bonds. The molecule has 5 heteroatoms. The normalized spacial score (nSPS) is 13.1. The van der Waals surface area contributed by atoms with Crippen molar-refractivity contribution < 1.29 is 9.59 Å². The van der Waals surface area contributed by atoms with E-state index in [2.05, 4.69) is 5.32 Å². The number of rotatable bonds is 3. The molecule has 2 aromatic rings. The zero-order valence-electron chi connectivity index (χ0n) is 11.8. The van der Waals surface area contributed by atoms with Gasteiger partial charge in [0.2, 0.25) is 11.8 Å². The van der Waals surface area contributed by atoms with Crippen molar-refractivity contribution >= 4 is 34.5 Å². The maximum atomic E-state index is 12.0. The fraction of sp³-hybridized carbons (Fsp3) is 0.250. The number of fused-ring (bicyclic) bond motifs is 1. The van der Waals surface area contributed by atoms with E-state index in [1.807, 2.05) is 35.7 Å². The van der Waals surface area contributed by atoms with E-state index in [9.17, 15) is 9.59 Å². The number of thiophene rings is 1. The Kier molecular flexibility index (Phi) is 3.75. The molecule has 0 unspecified atom stereocenters. The Morgan fingerprint density at radius 1 is 1.33 bits per heavy atom. The van der Waals surface area contributed by atoms with Crippen molar-refractivity contribution in [3.63, 3.8) is 0 Å². The lowest BCUT2D eigenvalue weighted by atomic mass is 10.1. The maximum absolute atomic E-state index is 12.0. The molecule has 21 heavy (non-hydrogen) atoms. The Labute approximate surface area is 127 Å². The van der Waals surface area contributed by atoms with Gasteiger partial charge in [-0.2, -0.15) is 0 Å². The fourth-order valence-corrected chi connectivity index (χ4v) is 3.29. The van der Waals surface area contributed by atoms with Crippen LogP contribution in [-0.4, -0.2) is 18.4 Å². The highest BCUT2D eigenvalue weighted by Gasteiger charge is 2.22. The van der Waals surface area contributed by atoms with Crippen molar-refractivity contribution in [3.8, 4) is 0 Å². The van der Waals surface area contributed by atoms with Crippen LogP contribution in [0.4, 0.5) is 11.4 Å². The van der Waals surface area contributed by atoms with E-state index >= 15 is 0 Å². The number of nitrogens with one attached hydrogen (secondary N) is 1. The molecule has 0 aliphatic carbocycles. The molecule has 0 saturated heterocycles. The first kappa shape index (κ1) is 13.8. The van der Waals surface area contributed by atoms with Crippen LogP contribution in [0.3, 0.4) is 0 Å². The van der Waals surface area contributed by atoms with Gasteiger partial charge in [0.05, 0.1) is 6.42 Å². The van der Waals surface area contributed by atoms with Gasteiger partial charge in [0, 0.05) is 29.7 Å². The molecule has 2 heterocycles. The Morgan fingerprint density at radius 3 is 2.90 bits per heavy atom. The summed E-state index contributed by atoms with van der Waals surface area (Å²) in [6, 6.07) is 9.62. The summed E-state index contributed by atoms with van der Waals surface area (Å²) in [6.45, 7) is 2.29. The molecule has 0 fully saturated rings. The highest BCUT2D eigenvalue weighted by atomic mass is 32.1. The van der Waals surface area contributed by atoms with E-state index in [1.165, 1.54) is 0 Å². The first-order valence-electron chi connectivity index (χ1n) is 6.87. The molecule has 1 N–H and O–H groups in total. The van der Waals surface area contributed by atoms with Gasteiger partial charge in [-0.3, -0.25) is 9.59 Å². The summed E-state index contributed by atoms with van der Waals surface area (Å²) in [7, 11) is 0. The predicted octanol–water partition coefficient (Wildman–Crippen LogP) is 2.84. The van der Waals surface area contributed by atoms with Crippen LogP contribution in [0.15, 0.2) is 35.7 Å². The monoisotopic (exact) mass is 300 g/mol. The SMILES string of the molecule is CC(=O)N1CCc2cc(NC(=O)Cc3cccs3)ccc21. The number of carbonyl (C=O) groups is 2. The molecule has 3 rings (SSSR count). The van der Waals surface area contributed by atoms with Gasteiger partial charge in [-0.25, -0.2) is 0 Å². The number of anilines is 2. The molecule has 0 atom stereocenters. The number of nitrogens with zero attached hydrogens (tertiary/aromatic N) is 1. The average molecular weight is 300 g/mol. The third-order valence-electron chi connectivity index (χ3n) is 3.55. The lowest BCUT2D eigenvalue weighted by Crippen LogP contribution is -2.25. The van der Waals surface area contributed by atoms with Crippen molar-refractivity contribution in [3.05, 3.63) is 46.2 Å². The van der Waals surface area contributed by atoms with Crippen LogP contribution in [0.5, 0.6) is 0 Å². The van der Waals surface area contributed by atoms with Gasteiger partial charge in [-0.05, 0) is 41.6 Å². The Morgan fingerprint density at radius 2 is 2.19 bits per heavy atom. The highest BCUT2D eigenvalue weighted by molar-refractivity contribution is 7.10. The van der Waals surface area contributed by atoms with Crippen molar-refractivity contribution in [1.29, 1.82) is 0 Å². The van der Waals surface area contributed by atoms with Crippen molar-refractivity contribution in [2.75, 3.05) is 16.8 Å². The summed E-state index contributed by atoms with van der Waals surface area (Å²) >= 11 is 1.58. The van der Waals surface area contributed by atoms with E-state index in [4.69, 9.17) is 0 Å². The predicted molar refractivity (Wildman–Crippen MR) is 84.8 cm³/mol. The summed E-state index contributed by atoms with van der Waals surface area (Å²) < 4.78 is 0. The van der Waals surface area contributed by atoms with Crippen LogP contribution in [0.1, 0.15) is 17.4 Å². The van der Waals surface area contributed by atoms with Crippen molar-refractivity contribution in [1.82, 2.24) is 0 Å². The van der Waals surface area contributed by atoms with Crippen LogP contribution >= 0.6 is 11.3 Å². The van der Waals surface area contributed by atoms with Crippen LogP contribution in [0, 0.1) is 0 Å². The van der Waals surface area contributed by atoms with Gasteiger partial charge in [-0.15, -0.1) is 11.3 Å². The molecule has 1 aliphatic heterocycles. The minimum absolute atomic E-state index is 0.0150. The molecular weight excluding hydrogens is 284 g/mol. The van der Waals surface area contributed by atoms with Crippen LogP contribution in [-0.2, 0) is 22.4 Å². The second kappa shape index (κ2) is 5.69. The van der Waals surface area contributed by atoms with Crippen LogP contribution < -0.4 is 10.2 Å². The first-order chi connectivity index (χ1) is 10.1. The van der Waals surface area contributed by atoms with E-state index in [-0.39, 0.29) is 11.8 Å². The standard InChI is InChI=1S/C16H16N2O2S/c1-11(19)18-7-6-12-9-13(4-5-15(12)18)17-16(20)10-14-3-2-8-21-14/h2-5,8-9H,6-7,10H2,1H3,(H,17,20). The van der Waals surface area contributed by atoms with E-state index in [0.717, 1.165) is 34.8 Å². The smallest absolute Gasteiger partial charge is 0.229 e. The zero-order chi connectivity index (χ0) is 14.8. The quantitative estimate of drug-likeness (QED) is 0.947. The van der Waals surface area contributed by atoms with E-state index < -0.39 is 0 Å². The minimum atomic E-state index is -0.0150. The van der Waals surface area contributed by atoms with Gasteiger partial charge in [-0.1, -0.05) is 6.07 Å². The fourth-order valence-electron chi connectivity index (χ4n) is 2.58. The van der Waals surface area contributed by atoms with Crippen LogP contribution in [0.2, 0.25) is 0 Å². The third-order valence-corrected chi connectivity index (χ3v) is 4.43. The molecule has 1 aromatic heterocycles. The second-order valence-electron chi connectivity index (χ2n) is 5.07. The summed E-state index contributed by atoms with van der Waals surface area (Å²) in [5.74, 6) is 0.0436. The first-order valence-corrected chi connectivity index (χ1v) is 7.75. The number of hydrogen-bond acceptors (Lipinski definition) is 3. The van der Waals surface area contributed by atoms with Crippen molar-refractivity contribution in [2.45, 2.75) is 19.8 Å². The topological polar surface area (TPSA) is 49.4 Å². The van der Waals surface area contributed by atoms with E-state index in [0.29, 0.717) is 6.42 Å². The lowest BCUT2D eigenvalue weighted by Gasteiger charge is -2.15. The molecular formula is C16H16N2O2S. The lowest BCUT2D eigenvalue weighted by molar-refractivity contribution is -0.117. The van der Waals surface area contributed by atoms with Gasteiger partial charge >= 0.3 is 0 Å². The van der Waals surface area contributed by atoms with Crippen LogP contribution in [0.25, 0.3) is 0 Å². The number of benzene rings is 1. The minimum Gasteiger partial charge on any atom is -0.326 e. The summed E-state index contributed by atoms with van der Waals surface area (Å²) in [5, 5.41) is 4.88. The summed E-state index contributed by atoms with van der Waals surface area (Å²) in [5.41, 5.74) is 2.86. The third kappa shape index (κ3) is 2.97. The molecule has 1 aromatic carbocycles. The molecule has 0 spiro atoms. The van der Waals surface area contributed by atoms with E-state index in [1.54, 1.807) is 23.2 Å². The molecule has 1 aliphatic rings. The number of amides is 2. The molecule has 0 saturated carbocycles. The molecule has 0 radical (unpaired) electrons. The largest absolute Gasteiger partial charge is 0.326 e. The Balaban J connectivity index is 1.70. The van der Waals surface area contributed by atoms with Crippen molar-refractivity contribution in [2.24, 2.45) is 0 Å². The zero-order valence-corrected chi connectivity index (χ0v) is 12.6. The average Bonchev–Trinajstić information content (AvgIpc) is 3.06. The molecule has 108 valence electrons. The molecule has 4 nitrogen and oxygen atoms in total. The van der Waals surface area contributed by atoms with Gasteiger partial charge in [0.15, 0.2) is 0 Å². The second-order valence-corrected chi connectivity index (χ2v) is 6.10. The Bertz CT molecular complexity index is 680. The highest BCUT2D eigenvalue weighted by Crippen LogP contribution is 2.30. The molecule has 0 bridgehead atoms. The number of hydrogen-bond donors (Lipinski definition) is 1. The summed E-state index contributed by atoms with van der Waals surface area (Å²) in [4.78, 5) is 26.3.